The van der Waals surface area contributed by atoms with Crippen molar-refractivity contribution >= 4 is 23.3 Å². The molecule has 0 saturated carbocycles. The van der Waals surface area contributed by atoms with Crippen LogP contribution in [0.3, 0.4) is 0 Å². The second-order valence-electron chi connectivity index (χ2n) is 5.50. The Bertz CT molecular complexity index is 857. The first kappa shape index (κ1) is 19.8. The van der Waals surface area contributed by atoms with Gasteiger partial charge in [-0.1, -0.05) is 18.2 Å². The van der Waals surface area contributed by atoms with Gasteiger partial charge >= 0.3 is 5.97 Å². The average Bonchev–Trinajstić information content (AvgIpc) is 2.67. The van der Waals surface area contributed by atoms with Crippen LogP contribution in [-0.4, -0.2) is 37.0 Å². The first-order chi connectivity index (χ1) is 12.9. The van der Waals surface area contributed by atoms with Crippen molar-refractivity contribution in [3.63, 3.8) is 0 Å². The van der Waals surface area contributed by atoms with Gasteiger partial charge in [-0.05, 0) is 24.1 Å². The zero-order chi connectivity index (χ0) is 19.8. The number of amides is 1. The maximum absolute atomic E-state index is 13.5. The molecule has 0 fully saturated rings. The summed E-state index contributed by atoms with van der Waals surface area (Å²) in [5.74, 6) is -1.79. The van der Waals surface area contributed by atoms with Crippen LogP contribution in [0, 0.1) is 15.9 Å². The summed E-state index contributed by atoms with van der Waals surface area (Å²) in [5.41, 5.74) is 0.483. The van der Waals surface area contributed by atoms with Gasteiger partial charge in [0.15, 0.2) is 6.61 Å². The zero-order valence-electron chi connectivity index (χ0n) is 14.5. The van der Waals surface area contributed by atoms with Gasteiger partial charge in [0.25, 0.3) is 11.6 Å². The van der Waals surface area contributed by atoms with Crippen LogP contribution in [0.1, 0.15) is 15.9 Å². The van der Waals surface area contributed by atoms with Crippen LogP contribution >= 0.6 is 0 Å². The number of nitro benzene ring substituents is 1. The molecular formula is C18H18FN3O5. The summed E-state index contributed by atoms with van der Waals surface area (Å²) in [7, 11) is 1.55. The molecule has 27 heavy (non-hydrogen) atoms. The first-order valence-corrected chi connectivity index (χ1v) is 8.05. The van der Waals surface area contributed by atoms with Crippen molar-refractivity contribution in [1.82, 2.24) is 5.32 Å². The van der Waals surface area contributed by atoms with E-state index in [0.717, 1.165) is 6.07 Å². The molecule has 2 aromatic carbocycles. The summed E-state index contributed by atoms with van der Waals surface area (Å²) in [6.07, 6.45) is 0.293. The van der Waals surface area contributed by atoms with E-state index in [2.05, 4.69) is 10.6 Å². The van der Waals surface area contributed by atoms with Gasteiger partial charge in [0.2, 0.25) is 0 Å². The smallest absolute Gasteiger partial charge is 0.341 e. The standard InChI is InChI=1S/C18H18FN3O5/c1-20-16-7-6-13(22(25)26)10-14(16)18(24)27-11-17(23)21-9-8-12-4-2-3-5-15(12)19/h2-7,10,20H,8-9,11H2,1H3,(H,21,23). The molecule has 0 aromatic heterocycles. The van der Waals surface area contributed by atoms with Crippen molar-refractivity contribution in [2.45, 2.75) is 6.42 Å². The first-order valence-electron chi connectivity index (χ1n) is 8.05. The van der Waals surface area contributed by atoms with E-state index in [9.17, 15) is 24.1 Å². The minimum Gasteiger partial charge on any atom is -0.452 e. The highest BCUT2D eigenvalue weighted by Crippen LogP contribution is 2.22. The van der Waals surface area contributed by atoms with Crippen LogP contribution in [0.2, 0.25) is 0 Å². The highest BCUT2D eigenvalue weighted by atomic mass is 19.1. The van der Waals surface area contributed by atoms with Crippen molar-refractivity contribution < 1.29 is 23.6 Å². The minimum atomic E-state index is -0.868. The number of benzene rings is 2. The molecule has 2 rings (SSSR count). The molecule has 142 valence electrons. The Morgan fingerprint density at radius 1 is 1.22 bits per heavy atom. The van der Waals surface area contributed by atoms with Gasteiger partial charge in [-0.25, -0.2) is 9.18 Å². The molecule has 0 atom stereocenters. The van der Waals surface area contributed by atoms with Crippen LogP contribution in [0.4, 0.5) is 15.8 Å². The highest BCUT2D eigenvalue weighted by molar-refractivity contribution is 5.97. The Morgan fingerprint density at radius 2 is 1.96 bits per heavy atom. The highest BCUT2D eigenvalue weighted by Gasteiger charge is 2.18. The SMILES string of the molecule is CNc1ccc([N+](=O)[O-])cc1C(=O)OCC(=O)NCCc1ccccc1F. The number of ether oxygens (including phenoxy) is 1. The van der Waals surface area contributed by atoms with Gasteiger partial charge in [0, 0.05) is 31.4 Å². The number of carbonyl (C=O) groups is 2. The van der Waals surface area contributed by atoms with Gasteiger partial charge < -0.3 is 15.4 Å². The van der Waals surface area contributed by atoms with E-state index in [0.29, 0.717) is 17.7 Å². The lowest BCUT2D eigenvalue weighted by molar-refractivity contribution is -0.384. The lowest BCUT2D eigenvalue weighted by atomic mass is 10.1. The number of hydrogen-bond acceptors (Lipinski definition) is 6. The predicted molar refractivity (Wildman–Crippen MR) is 96.0 cm³/mol. The van der Waals surface area contributed by atoms with Crippen LogP contribution < -0.4 is 10.6 Å². The molecule has 1 amide bonds. The van der Waals surface area contributed by atoms with Crippen LogP contribution in [0.5, 0.6) is 0 Å². The number of nitro groups is 1. The summed E-state index contributed by atoms with van der Waals surface area (Å²) < 4.78 is 18.4. The van der Waals surface area contributed by atoms with E-state index in [1.54, 1.807) is 25.2 Å². The van der Waals surface area contributed by atoms with Crippen molar-refractivity contribution in [3.8, 4) is 0 Å². The molecule has 0 radical (unpaired) electrons. The summed E-state index contributed by atoms with van der Waals surface area (Å²) in [6.45, 7) is -0.377. The molecule has 0 aliphatic heterocycles. The van der Waals surface area contributed by atoms with E-state index in [4.69, 9.17) is 4.74 Å². The quantitative estimate of drug-likeness (QED) is 0.416. The third-order valence-electron chi connectivity index (χ3n) is 3.71. The number of anilines is 1. The normalized spacial score (nSPS) is 10.1. The second-order valence-corrected chi connectivity index (χ2v) is 5.50. The van der Waals surface area contributed by atoms with Gasteiger partial charge in [-0.3, -0.25) is 14.9 Å². The van der Waals surface area contributed by atoms with Gasteiger partial charge in [-0.15, -0.1) is 0 Å². The van der Waals surface area contributed by atoms with Gasteiger partial charge in [0.1, 0.15) is 5.82 Å². The molecule has 0 bridgehead atoms. The monoisotopic (exact) mass is 375 g/mol. The summed E-state index contributed by atoms with van der Waals surface area (Å²) in [4.78, 5) is 34.1. The fraction of sp³-hybridized carbons (Fsp3) is 0.222. The Hall–Kier alpha value is -3.49. The van der Waals surface area contributed by atoms with E-state index in [1.165, 1.54) is 18.2 Å². The number of hydrogen-bond donors (Lipinski definition) is 2. The largest absolute Gasteiger partial charge is 0.452 e. The topological polar surface area (TPSA) is 111 Å². The molecule has 0 unspecified atom stereocenters. The second kappa shape index (κ2) is 9.27. The van der Waals surface area contributed by atoms with Crippen molar-refractivity contribution in [2.24, 2.45) is 0 Å². The molecule has 0 aliphatic carbocycles. The molecule has 0 spiro atoms. The van der Waals surface area contributed by atoms with Crippen LogP contribution in [0.15, 0.2) is 42.5 Å². The average molecular weight is 375 g/mol. The number of carbonyl (C=O) groups excluding carboxylic acids is 2. The molecule has 0 aliphatic rings. The number of non-ortho nitro benzene ring substituents is 1. The Labute approximate surface area is 154 Å². The Kier molecular flexibility index (Phi) is 6.81. The minimum absolute atomic E-state index is 0.0501. The summed E-state index contributed by atoms with van der Waals surface area (Å²) >= 11 is 0. The maximum Gasteiger partial charge on any atom is 0.341 e. The third-order valence-corrected chi connectivity index (χ3v) is 3.71. The fourth-order valence-electron chi connectivity index (χ4n) is 2.33. The van der Waals surface area contributed by atoms with E-state index >= 15 is 0 Å². The van der Waals surface area contributed by atoms with Crippen LogP contribution in [0.25, 0.3) is 0 Å². The molecule has 0 saturated heterocycles. The molecule has 8 nitrogen and oxygen atoms in total. The van der Waals surface area contributed by atoms with E-state index < -0.39 is 23.4 Å². The molecular weight excluding hydrogens is 357 g/mol. The Balaban J connectivity index is 1.87. The molecule has 2 N–H and O–H groups in total. The zero-order valence-corrected chi connectivity index (χ0v) is 14.5. The van der Waals surface area contributed by atoms with Gasteiger partial charge in [-0.2, -0.15) is 0 Å². The molecule has 9 heteroatoms. The van der Waals surface area contributed by atoms with Crippen molar-refractivity contribution in [3.05, 3.63) is 69.5 Å². The maximum atomic E-state index is 13.5. The summed E-state index contributed by atoms with van der Waals surface area (Å²) in [5, 5.41) is 16.1. The van der Waals surface area contributed by atoms with E-state index in [1.807, 2.05) is 0 Å². The fourth-order valence-corrected chi connectivity index (χ4v) is 2.33. The Morgan fingerprint density at radius 3 is 2.63 bits per heavy atom. The number of rotatable bonds is 8. The number of esters is 1. The number of nitrogens with one attached hydrogen (secondary N) is 2. The number of halogens is 1. The number of nitrogens with zero attached hydrogens (tertiary/aromatic N) is 1. The summed E-state index contributed by atoms with van der Waals surface area (Å²) in [6, 6.07) is 9.91. The lowest BCUT2D eigenvalue weighted by Crippen LogP contribution is -2.30. The van der Waals surface area contributed by atoms with Crippen molar-refractivity contribution in [1.29, 1.82) is 0 Å². The predicted octanol–water partition coefficient (Wildman–Crippen LogP) is 2.29. The van der Waals surface area contributed by atoms with Crippen molar-refractivity contribution in [2.75, 3.05) is 25.5 Å². The van der Waals surface area contributed by atoms with E-state index in [-0.39, 0.29) is 23.6 Å². The van der Waals surface area contributed by atoms with Gasteiger partial charge in [0.05, 0.1) is 10.5 Å². The van der Waals surface area contributed by atoms with Crippen LogP contribution in [-0.2, 0) is 16.0 Å². The molecule has 2 aromatic rings. The molecule has 0 heterocycles. The lowest BCUT2D eigenvalue weighted by Gasteiger charge is -2.10. The third kappa shape index (κ3) is 5.50.